The van der Waals surface area contributed by atoms with Crippen LogP contribution in [0.25, 0.3) is 0 Å². The van der Waals surface area contributed by atoms with Crippen molar-refractivity contribution in [1.82, 2.24) is 30.5 Å². The van der Waals surface area contributed by atoms with Gasteiger partial charge in [0.2, 0.25) is 0 Å². The van der Waals surface area contributed by atoms with E-state index in [-0.39, 0.29) is 28.9 Å². The number of benzene rings is 1. The average Bonchev–Trinajstić information content (AvgIpc) is 3.50. The third-order valence-corrected chi connectivity index (χ3v) is 7.34. The minimum absolute atomic E-state index is 0.0261. The first-order valence-electron chi connectivity index (χ1n) is 12.6. The summed E-state index contributed by atoms with van der Waals surface area (Å²) in [6.07, 6.45) is -2.34. The Labute approximate surface area is 222 Å². The van der Waals surface area contributed by atoms with Crippen LogP contribution in [0.3, 0.4) is 0 Å². The molecule has 2 fully saturated rings. The van der Waals surface area contributed by atoms with Gasteiger partial charge in [-0.05, 0) is 69.7 Å². The number of hydrogen-bond acceptors (Lipinski definition) is 5. The van der Waals surface area contributed by atoms with Crippen LogP contribution in [0.5, 0.6) is 0 Å². The summed E-state index contributed by atoms with van der Waals surface area (Å²) in [6, 6.07) is 1.62. The van der Waals surface area contributed by atoms with Gasteiger partial charge in [-0.2, -0.15) is 26.3 Å². The highest BCUT2D eigenvalue weighted by Gasteiger charge is 2.37. The molecule has 7 nitrogen and oxygen atoms in total. The van der Waals surface area contributed by atoms with Crippen LogP contribution in [0.4, 0.5) is 32.0 Å². The smallest absolute Gasteiger partial charge is 0.358 e. The van der Waals surface area contributed by atoms with E-state index in [0.29, 0.717) is 24.7 Å². The quantitative estimate of drug-likeness (QED) is 0.331. The van der Waals surface area contributed by atoms with Crippen molar-refractivity contribution in [2.24, 2.45) is 0 Å². The number of hydrogen-bond donors (Lipinski definition) is 3. The molecular formula is C24H31F6N7S. The van der Waals surface area contributed by atoms with Crippen LogP contribution in [-0.4, -0.2) is 56.7 Å². The highest BCUT2D eigenvalue weighted by atomic mass is 32.1. The van der Waals surface area contributed by atoms with Gasteiger partial charge in [0, 0.05) is 30.4 Å². The Balaban J connectivity index is 1.42. The third kappa shape index (κ3) is 7.35. The summed E-state index contributed by atoms with van der Waals surface area (Å²) in [5.41, 5.74) is -2.20. The van der Waals surface area contributed by atoms with E-state index in [1.54, 1.807) is 6.20 Å². The van der Waals surface area contributed by atoms with Crippen molar-refractivity contribution in [2.45, 2.75) is 82.1 Å². The monoisotopic (exact) mass is 563 g/mol. The van der Waals surface area contributed by atoms with Crippen molar-refractivity contribution in [3.63, 3.8) is 0 Å². The highest BCUT2D eigenvalue weighted by Crippen LogP contribution is 2.37. The number of alkyl halides is 6. The Kier molecular flexibility index (Phi) is 8.82. The summed E-state index contributed by atoms with van der Waals surface area (Å²) in [5, 5.41) is 17.4. The minimum atomic E-state index is -4.93. The number of thiocarbonyl (C=S) groups is 1. The van der Waals surface area contributed by atoms with Gasteiger partial charge in [0.25, 0.3) is 0 Å². The van der Waals surface area contributed by atoms with Crippen molar-refractivity contribution in [3.8, 4) is 0 Å². The van der Waals surface area contributed by atoms with Crippen molar-refractivity contribution < 1.29 is 26.3 Å². The van der Waals surface area contributed by atoms with Crippen molar-refractivity contribution in [1.29, 1.82) is 0 Å². The predicted molar refractivity (Wildman–Crippen MR) is 134 cm³/mol. The van der Waals surface area contributed by atoms with Crippen molar-refractivity contribution >= 4 is 23.0 Å². The van der Waals surface area contributed by atoms with Gasteiger partial charge < -0.3 is 16.0 Å². The van der Waals surface area contributed by atoms with Gasteiger partial charge >= 0.3 is 12.4 Å². The largest absolute Gasteiger partial charge is 0.416 e. The fraction of sp³-hybridized carbons (Fsp3) is 0.625. The second-order valence-corrected chi connectivity index (χ2v) is 10.4. The van der Waals surface area contributed by atoms with Gasteiger partial charge in [0.15, 0.2) is 5.11 Å². The van der Waals surface area contributed by atoms with E-state index in [1.165, 1.54) is 0 Å². The molecule has 1 saturated carbocycles. The number of nitrogens with one attached hydrogen (secondary N) is 3. The molecule has 1 aromatic carbocycles. The average molecular weight is 564 g/mol. The predicted octanol–water partition coefficient (Wildman–Crippen LogP) is 4.80. The van der Waals surface area contributed by atoms with E-state index in [0.717, 1.165) is 57.3 Å². The zero-order chi connectivity index (χ0) is 27.5. The molecule has 1 aromatic heterocycles. The molecule has 1 saturated heterocycles. The lowest BCUT2D eigenvalue weighted by Gasteiger charge is -2.39. The van der Waals surface area contributed by atoms with Crippen molar-refractivity contribution in [2.75, 3.05) is 18.9 Å². The van der Waals surface area contributed by atoms with Crippen LogP contribution in [0.15, 0.2) is 24.4 Å². The van der Waals surface area contributed by atoms with Crippen LogP contribution in [0, 0.1) is 0 Å². The number of halogens is 6. The molecule has 14 heteroatoms. The molecule has 38 heavy (non-hydrogen) atoms. The minimum Gasteiger partial charge on any atom is -0.358 e. The zero-order valence-electron chi connectivity index (χ0n) is 20.9. The summed E-state index contributed by atoms with van der Waals surface area (Å²) in [6.45, 7) is 2.32. The summed E-state index contributed by atoms with van der Waals surface area (Å²) < 4.78 is 81.2. The van der Waals surface area contributed by atoms with Gasteiger partial charge in [-0.15, -0.1) is 5.10 Å². The van der Waals surface area contributed by atoms with E-state index in [9.17, 15) is 26.3 Å². The van der Waals surface area contributed by atoms with Crippen LogP contribution in [-0.2, 0) is 25.4 Å². The maximum absolute atomic E-state index is 13.2. The molecule has 2 heterocycles. The number of rotatable bonds is 7. The molecule has 1 aliphatic carbocycles. The molecule has 2 aromatic rings. The first-order chi connectivity index (χ1) is 17.9. The van der Waals surface area contributed by atoms with E-state index >= 15 is 0 Å². The number of anilines is 1. The molecule has 3 N–H and O–H groups in total. The Bertz CT molecular complexity index is 1060. The fourth-order valence-corrected chi connectivity index (χ4v) is 5.49. The van der Waals surface area contributed by atoms with Crippen LogP contribution >= 0.6 is 12.2 Å². The molecule has 1 aliphatic heterocycles. The van der Waals surface area contributed by atoms with E-state index in [2.05, 4.69) is 31.2 Å². The van der Waals surface area contributed by atoms with Gasteiger partial charge in [0.05, 0.1) is 29.6 Å². The molecule has 2 aliphatic rings. The molecule has 0 unspecified atom stereocenters. The van der Waals surface area contributed by atoms with E-state index < -0.39 is 23.5 Å². The maximum atomic E-state index is 13.2. The molecule has 4 rings (SSSR count). The van der Waals surface area contributed by atoms with Gasteiger partial charge in [-0.1, -0.05) is 18.1 Å². The first kappa shape index (κ1) is 28.6. The Morgan fingerprint density at radius 1 is 1.05 bits per heavy atom. The summed E-state index contributed by atoms with van der Waals surface area (Å²) >= 11 is 5.31. The number of nitrogens with zero attached hydrogens (tertiary/aromatic N) is 4. The second kappa shape index (κ2) is 11.7. The van der Waals surface area contributed by atoms with Crippen molar-refractivity contribution in [3.05, 3.63) is 41.2 Å². The second-order valence-electron chi connectivity index (χ2n) is 9.97. The summed E-state index contributed by atoms with van der Waals surface area (Å²) in [4.78, 5) is 2.17. The Morgan fingerprint density at radius 3 is 2.37 bits per heavy atom. The van der Waals surface area contributed by atoms with Crippen LogP contribution < -0.4 is 16.0 Å². The molecule has 0 radical (unpaired) electrons. The summed E-state index contributed by atoms with van der Waals surface area (Å²) in [5.74, 6) is 0. The standard InChI is InChI=1S/C24H31F6N7S/c1-36(14-19-12-32-35-37(19)13-17-5-4-8-31-17)21-7-3-2-6-20(21)34-22(38)33-18-10-15(23(25,26)27)9-16(11-18)24(28,29)30/h9-12,17,20-21,31H,2-8,13-14H2,1H3,(H2,33,34,38)/t17-,20+,21+/m0/s1. The third-order valence-electron chi connectivity index (χ3n) is 7.12. The number of likely N-dealkylation sites (N-methyl/N-ethyl adjacent to an activating group) is 1. The molecule has 0 spiro atoms. The highest BCUT2D eigenvalue weighted by molar-refractivity contribution is 7.80. The van der Waals surface area contributed by atoms with Gasteiger partial charge in [-0.25, -0.2) is 4.68 Å². The van der Waals surface area contributed by atoms with Gasteiger partial charge in [0.1, 0.15) is 0 Å². The molecular weight excluding hydrogens is 532 g/mol. The number of aromatic nitrogens is 3. The summed E-state index contributed by atoms with van der Waals surface area (Å²) in [7, 11) is 1.98. The lowest BCUT2D eigenvalue weighted by atomic mass is 9.89. The first-order valence-corrected chi connectivity index (χ1v) is 13.0. The molecule has 3 atom stereocenters. The lowest BCUT2D eigenvalue weighted by Crippen LogP contribution is -2.52. The van der Waals surface area contributed by atoms with Crippen LogP contribution in [0.2, 0.25) is 0 Å². The van der Waals surface area contributed by atoms with Crippen LogP contribution in [0.1, 0.15) is 55.3 Å². The SMILES string of the molecule is CN(Cc1cnnn1C[C@@H]1CCCN1)[C@@H]1CCCC[C@H]1NC(=S)Nc1cc(C(F)(F)F)cc(C(F)(F)F)c1. The normalized spacial score (nSPS) is 22.6. The zero-order valence-corrected chi connectivity index (χ0v) is 21.7. The topological polar surface area (TPSA) is 70.0 Å². The molecule has 0 amide bonds. The fourth-order valence-electron chi connectivity index (χ4n) is 5.22. The Morgan fingerprint density at radius 2 is 1.74 bits per heavy atom. The van der Waals surface area contributed by atoms with E-state index in [4.69, 9.17) is 12.2 Å². The van der Waals surface area contributed by atoms with E-state index in [1.807, 2.05) is 11.7 Å². The molecule has 0 bridgehead atoms. The lowest BCUT2D eigenvalue weighted by molar-refractivity contribution is -0.143. The Hall–Kier alpha value is -2.45. The maximum Gasteiger partial charge on any atom is 0.416 e. The molecule has 210 valence electrons. The van der Waals surface area contributed by atoms with Gasteiger partial charge in [-0.3, -0.25) is 4.90 Å².